The lowest BCUT2D eigenvalue weighted by molar-refractivity contribution is 0.0990. The summed E-state index contributed by atoms with van der Waals surface area (Å²) in [5.74, 6) is -0.362. The van der Waals surface area contributed by atoms with E-state index in [4.69, 9.17) is 0 Å². The minimum Gasteiger partial charge on any atom is -0.372 e. The molecule has 0 radical (unpaired) electrons. The molecule has 0 N–H and O–H groups in total. The first-order valence-electron chi connectivity index (χ1n) is 10.7. The lowest BCUT2D eigenvalue weighted by Gasteiger charge is -2.21. The van der Waals surface area contributed by atoms with Gasteiger partial charge < -0.3 is 4.90 Å². The van der Waals surface area contributed by atoms with Crippen molar-refractivity contribution in [2.24, 2.45) is 0 Å². The normalized spacial score (nSPS) is 14.6. The molecule has 0 aliphatic heterocycles. The molecule has 0 spiro atoms. The van der Waals surface area contributed by atoms with Crippen LogP contribution in [0.15, 0.2) is 84.4 Å². The van der Waals surface area contributed by atoms with Gasteiger partial charge in [-0.2, -0.15) is 0 Å². The average molecular weight is 405 g/mol. The Bertz CT molecular complexity index is 1240. The Balaban J connectivity index is 1.65. The van der Waals surface area contributed by atoms with Gasteiger partial charge in [-0.15, -0.1) is 0 Å². The zero-order valence-electron chi connectivity index (χ0n) is 17.7. The maximum absolute atomic E-state index is 13.1. The van der Waals surface area contributed by atoms with Crippen molar-refractivity contribution in [3.05, 3.63) is 112 Å². The van der Waals surface area contributed by atoms with Gasteiger partial charge in [-0.3, -0.25) is 9.59 Å². The van der Waals surface area contributed by atoms with Gasteiger partial charge >= 0.3 is 0 Å². The summed E-state index contributed by atoms with van der Waals surface area (Å²) in [6.07, 6.45) is 2.01. The van der Waals surface area contributed by atoms with E-state index >= 15 is 0 Å². The highest BCUT2D eigenvalue weighted by Gasteiger charge is 2.37. The molecule has 3 heteroatoms. The summed E-state index contributed by atoms with van der Waals surface area (Å²) in [6.45, 7) is 6.23. The molecule has 2 aliphatic rings. The van der Waals surface area contributed by atoms with Crippen molar-refractivity contribution in [3.8, 4) is 0 Å². The van der Waals surface area contributed by atoms with Gasteiger partial charge in [0.1, 0.15) is 0 Å². The molecule has 0 saturated carbocycles. The number of allylic oxidation sites excluding steroid dienone is 3. The molecule has 31 heavy (non-hydrogen) atoms. The first-order valence-corrected chi connectivity index (χ1v) is 10.7. The largest absolute Gasteiger partial charge is 0.372 e. The molecule has 0 heterocycles. The van der Waals surface area contributed by atoms with Crippen LogP contribution in [0.1, 0.15) is 51.3 Å². The zero-order valence-corrected chi connectivity index (χ0v) is 17.7. The highest BCUT2D eigenvalue weighted by molar-refractivity contribution is 6.43. The van der Waals surface area contributed by atoms with Crippen molar-refractivity contribution in [3.63, 3.8) is 0 Å². The van der Waals surface area contributed by atoms with E-state index in [1.54, 1.807) is 24.3 Å². The van der Waals surface area contributed by atoms with E-state index in [0.717, 1.165) is 40.9 Å². The number of hydrogen-bond acceptors (Lipinski definition) is 3. The lowest BCUT2D eigenvalue weighted by atomic mass is 9.97. The first kappa shape index (κ1) is 19.3. The van der Waals surface area contributed by atoms with E-state index in [0.29, 0.717) is 11.1 Å². The molecular weight excluding hydrogens is 382 g/mol. The SMILES string of the molecule is CCN(CC)c1ccc(C2=CC(=C3C(=O)c4ccccc4C3=O)c3ccccc32)cc1. The van der Waals surface area contributed by atoms with Crippen LogP contribution in [0.4, 0.5) is 5.69 Å². The highest BCUT2D eigenvalue weighted by Crippen LogP contribution is 2.43. The third kappa shape index (κ3) is 2.97. The van der Waals surface area contributed by atoms with Crippen LogP contribution in [0.3, 0.4) is 0 Å². The summed E-state index contributed by atoms with van der Waals surface area (Å²) in [4.78, 5) is 28.5. The van der Waals surface area contributed by atoms with Crippen molar-refractivity contribution in [2.45, 2.75) is 13.8 Å². The van der Waals surface area contributed by atoms with Crippen LogP contribution in [-0.2, 0) is 0 Å². The second-order valence-corrected chi connectivity index (χ2v) is 7.82. The molecule has 3 nitrogen and oxygen atoms in total. The number of hydrogen-bond donors (Lipinski definition) is 0. The van der Waals surface area contributed by atoms with Crippen LogP contribution in [0.25, 0.3) is 11.1 Å². The fraction of sp³-hybridized carbons (Fsp3) is 0.143. The number of fused-ring (bicyclic) bond motifs is 2. The Morgan fingerprint density at radius 1 is 0.645 bits per heavy atom. The molecule has 152 valence electrons. The molecule has 0 fully saturated rings. The average Bonchev–Trinajstić information content (AvgIpc) is 3.31. The van der Waals surface area contributed by atoms with Crippen LogP contribution in [-0.4, -0.2) is 24.7 Å². The number of ketones is 2. The summed E-state index contributed by atoms with van der Waals surface area (Å²) in [5, 5.41) is 0. The van der Waals surface area contributed by atoms with Gasteiger partial charge in [-0.1, -0.05) is 60.7 Å². The Morgan fingerprint density at radius 3 is 1.71 bits per heavy atom. The number of benzene rings is 3. The van der Waals surface area contributed by atoms with Crippen LogP contribution in [0.2, 0.25) is 0 Å². The number of rotatable bonds is 4. The second kappa shape index (κ2) is 7.51. The summed E-state index contributed by atoms with van der Waals surface area (Å²) in [6, 6.07) is 23.6. The van der Waals surface area contributed by atoms with Crippen LogP contribution >= 0.6 is 0 Å². The van der Waals surface area contributed by atoms with E-state index in [1.165, 1.54) is 5.69 Å². The first-order chi connectivity index (χ1) is 15.1. The van der Waals surface area contributed by atoms with Gasteiger partial charge in [0.05, 0.1) is 5.57 Å². The Labute approximate surface area is 182 Å². The number of carbonyl (C=O) groups excluding carboxylic acids is 2. The van der Waals surface area contributed by atoms with E-state index < -0.39 is 0 Å². The molecule has 2 aliphatic carbocycles. The van der Waals surface area contributed by atoms with Gasteiger partial charge in [0.15, 0.2) is 11.6 Å². The predicted molar refractivity (Wildman–Crippen MR) is 126 cm³/mol. The quantitative estimate of drug-likeness (QED) is 0.406. The number of anilines is 1. The van der Waals surface area contributed by atoms with Gasteiger partial charge in [0, 0.05) is 29.9 Å². The Morgan fingerprint density at radius 2 is 1.16 bits per heavy atom. The van der Waals surface area contributed by atoms with E-state index in [9.17, 15) is 9.59 Å². The molecule has 0 aromatic heterocycles. The molecule has 5 rings (SSSR count). The minimum atomic E-state index is -0.181. The Hall–Kier alpha value is -3.72. The molecular formula is C28H23NO2. The maximum atomic E-state index is 13.1. The fourth-order valence-electron chi connectivity index (χ4n) is 4.64. The second-order valence-electron chi connectivity index (χ2n) is 7.82. The van der Waals surface area contributed by atoms with Gasteiger partial charge in [0.2, 0.25) is 0 Å². The third-order valence-electron chi connectivity index (χ3n) is 6.24. The summed E-state index contributed by atoms with van der Waals surface area (Å²) >= 11 is 0. The third-order valence-corrected chi connectivity index (χ3v) is 6.24. The van der Waals surface area contributed by atoms with Gasteiger partial charge in [-0.25, -0.2) is 0 Å². The van der Waals surface area contributed by atoms with E-state index in [2.05, 4.69) is 49.1 Å². The van der Waals surface area contributed by atoms with Crippen molar-refractivity contribution in [1.82, 2.24) is 0 Å². The van der Waals surface area contributed by atoms with Gasteiger partial charge in [0.25, 0.3) is 0 Å². The van der Waals surface area contributed by atoms with Gasteiger partial charge in [-0.05, 0) is 59.9 Å². The molecule has 3 aromatic carbocycles. The Kier molecular flexibility index (Phi) is 4.67. The van der Waals surface area contributed by atoms with E-state index in [-0.39, 0.29) is 17.1 Å². The van der Waals surface area contributed by atoms with Crippen LogP contribution in [0.5, 0.6) is 0 Å². The molecule has 3 aromatic rings. The molecule has 0 bridgehead atoms. The molecule has 0 unspecified atom stereocenters. The minimum absolute atomic E-state index is 0.181. The topological polar surface area (TPSA) is 37.4 Å². The van der Waals surface area contributed by atoms with Crippen molar-refractivity contribution in [2.75, 3.05) is 18.0 Å². The summed E-state index contributed by atoms with van der Waals surface area (Å²) in [7, 11) is 0. The molecule has 0 saturated heterocycles. The van der Waals surface area contributed by atoms with Crippen molar-refractivity contribution >= 4 is 28.4 Å². The van der Waals surface area contributed by atoms with Crippen molar-refractivity contribution in [1.29, 1.82) is 0 Å². The van der Waals surface area contributed by atoms with E-state index in [1.807, 2.05) is 24.3 Å². The summed E-state index contributed by atoms with van der Waals surface area (Å²) in [5.41, 5.74) is 7.31. The maximum Gasteiger partial charge on any atom is 0.198 e. The van der Waals surface area contributed by atoms with Crippen LogP contribution < -0.4 is 4.90 Å². The van der Waals surface area contributed by atoms with Crippen LogP contribution in [0, 0.1) is 0 Å². The van der Waals surface area contributed by atoms with Crippen molar-refractivity contribution < 1.29 is 9.59 Å². The zero-order chi connectivity index (χ0) is 21.5. The fourth-order valence-corrected chi connectivity index (χ4v) is 4.64. The molecule has 0 atom stereocenters. The standard InChI is InChI=1S/C28H23NO2/c1-3-29(4-2)19-15-13-18(14-16-19)24-17-25(21-10-6-5-9-20(21)24)26-27(30)22-11-7-8-12-23(22)28(26)31/h5-17H,3-4H2,1-2H3. The predicted octanol–water partition coefficient (Wildman–Crippen LogP) is 5.81. The summed E-state index contributed by atoms with van der Waals surface area (Å²) < 4.78 is 0. The molecule has 0 amide bonds. The smallest absolute Gasteiger partial charge is 0.198 e. The number of Topliss-reactive ketones (excluding diaryl/α,β-unsaturated/α-hetero) is 2. The lowest BCUT2D eigenvalue weighted by Crippen LogP contribution is -2.21. The number of carbonyl (C=O) groups is 2. The highest BCUT2D eigenvalue weighted by atomic mass is 16.2. The number of nitrogens with zero attached hydrogens (tertiary/aromatic N) is 1. The monoisotopic (exact) mass is 405 g/mol.